The normalized spacial score (nSPS) is 12.5. The standard InChI is InChI=1S/C16H19F3N6O2/c1-23(2)15(27)8-24(3)7-14(26)22-12-6-11(16(17,18)19)4-5-13(12)25-10-20-9-21-25/h4-6,9-10H,7-8H2,1-3H3,(H,22,26)/p+1. The first-order valence-electron chi connectivity index (χ1n) is 7.95. The summed E-state index contributed by atoms with van der Waals surface area (Å²) in [5.41, 5.74) is -0.701. The molecule has 0 fully saturated rings. The van der Waals surface area contributed by atoms with E-state index in [0.29, 0.717) is 4.90 Å². The molecule has 0 aliphatic carbocycles. The molecule has 2 rings (SSSR count). The fraction of sp³-hybridized carbons (Fsp3) is 0.375. The molecule has 0 saturated carbocycles. The maximum Gasteiger partial charge on any atom is 0.416 e. The summed E-state index contributed by atoms with van der Waals surface area (Å²) in [5, 5.41) is 6.36. The third-order valence-electron chi connectivity index (χ3n) is 3.68. The summed E-state index contributed by atoms with van der Waals surface area (Å²) < 4.78 is 40.3. The second-order valence-corrected chi connectivity index (χ2v) is 6.22. The Morgan fingerprint density at radius 3 is 2.52 bits per heavy atom. The van der Waals surface area contributed by atoms with Gasteiger partial charge in [-0.25, -0.2) is 9.67 Å². The van der Waals surface area contributed by atoms with Crippen molar-refractivity contribution in [1.82, 2.24) is 19.7 Å². The molecule has 146 valence electrons. The number of halogens is 3. The number of quaternary nitrogens is 1. The van der Waals surface area contributed by atoms with Crippen LogP contribution in [0.3, 0.4) is 0 Å². The highest BCUT2D eigenvalue weighted by Gasteiger charge is 2.31. The molecule has 27 heavy (non-hydrogen) atoms. The van der Waals surface area contributed by atoms with Crippen molar-refractivity contribution in [3.8, 4) is 5.69 Å². The van der Waals surface area contributed by atoms with Gasteiger partial charge in [-0.3, -0.25) is 9.59 Å². The number of likely N-dealkylation sites (N-methyl/N-ethyl adjacent to an activating group) is 2. The molecule has 2 amide bonds. The molecule has 1 aromatic carbocycles. The van der Waals surface area contributed by atoms with Gasteiger partial charge in [0.2, 0.25) is 0 Å². The van der Waals surface area contributed by atoms with Crippen molar-refractivity contribution in [2.75, 3.05) is 39.5 Å². The molecule has 0 saturated heterocycles. The van der Waals surface area contributed by atoms with Gasteiger partial charge in [-0.2, -0.15) is 18.3 Å². The molecule has 11 heteroatoms. The van der Waals surface area contributed by atoms with Crippen LogP contribution in [0.25, 0.3) is 5.69 Å². The average Bonchev–Trinajstić information content (AvgIpc) is 3.07. The Morgan fingerprint density at radius 2 is 1.96 bits per heavy atom. The van der Waals surface area contributed by atoms with Crippen LogP contribution in [0.4, 0.5) is 18.9 Å². The lowest BCUT2D eigenvalue weighted by Crippen LogP contribution is -3.11. The van der Waals surface area contributed by atoms with Gasteiger partial charge in [-0.15, -0.1) is 0 Å². The zero-order valence-electron chi connectivity index (χ0n) is 15.0. The molecule has 1 atom stereocenters. The van der Waals surface area contributed by atoms with Gasteiger partial charge in [0.25, 0.3) is 11.8 Å². The van der Waals surface area contributed by atoms with E-state index in [1.54, 1.807) is 21.1 Å². The minimum absolute atomic E-state index is 0.0490. The maximum atomic E-state index is 13.0. The summed E-state index contributed by atoms with van der Waals surface area (Å²) in [6.07, 6.45) is -2.01. The van der Waals surface area contributed by atoms with Crippen molar-refractivity contribution in [3.63, 3.8) is 0 Å². The van der Waals surface area contributed by atoms with E-state index in [1.165, 1.54) is 28.3 Å². The van der Waals surface area contributed by atoms with Gasteiger partial charge in [0.05, 0.1) is 24.0 Å². The quantitative estimate of drug-likeness (QED) is 0.723. The topological polar surface area (TPSA) is 84.6 Å². The van der Waals surface area contributed by atoms with Crippen LogP contribution in [0.1, 0.15) is 5.56 Å². The summed E-state index contributed by atoms with van der Waals surface area (Å²) in [7, 11) is 4.84. The summed E-state index contributed by atoms with van der Waals surface area (Å²) >= 11 is 0. The summed E-state index contributed by atoms with van der Waals surface area (Å²) in [6.45, 7) is -0.00837. The van der Waals surface area contributed by atoms with Crippen LogP contribution in [0, 0.1) is 0 Å². The number of amides is 2. The number of nitrogens with zero attached hydrogens (tertiary/aromatic N) is 4. The Bertz CT molecular complexity index is 805. The first kappa shape index (κ1) is 20.4. The van der Waals surface area contributed by atoms with E-state index < -0.39 is 17.6 Å². The highest BCUT2D eigenvalue weighted by molar-refractivity contribution is 5.93. The number of carbonyl (C=O) groups is 2. The fourth-order valence-electron chi connectivity index (χ4n) is 2.29. The molecule has 8 nitrogen and oxygen atoms in total. The number of nitrogens with one attached hydrogen (secondary N) is 2. The molecule has 0 aliphatic heterocycles. The number of anilines is 1. The van der Waals surface area contributed by atoms with E-state index >= 15 is 0 Å². The highest BCUT2D eigenvalue weighted by Crippen LogP contribution is 2.33. The second-order valence-electron chi connectivity index (χ2n) is 6.22. The lowest BCUT2D eigenvalue weighted by atomic mass is 10.1. The fourth-order valence-corrected chi connectivity index (χ4v) is 2.29. The van der Waals surface area contributed by atoms with Crippen molar-refractivity contribution >= 4 is 17.5 Å². The number of aromatic nitrogens is 3. The third kappa shape index (κ3) is 5.51. The van der Waals surface area contributed by atoms with Crippen LogP contribution in [0.15, 0.2) is 30.9 Å². The van der Waals surface area contributed by atoms with Gasteiger partial charge < -0.3 is 15.1 Å². The molecule has 2 aromatic rings. The van der Waals surface area contributed by atoms with Crippen LogP contribution in [0.5, 0.6) is 0 Å². The van der Waals surface area contributed by atoms with E-state index in [0.717, 1.165) is 12.1 Å². The Morgan fingerprint density at radius 1 is 1.26 bits per heavy atom. The predicted molar refractivity (Wildman–Crippen MR) is 90.3 cm³/mol. The zero-order valence-corrected chi connectivity index (χ0v) is 15.0. The van der Waals surface area contributed by atoms with Crippen molar-refractivity contribution in [2.45, 2.75) is 6.18 Å². The number of rotatable bonds is 6. The second kappa shape index (κ2) is 8.16. The summed E-state index contributed by atoms with van der Waals surface area (Å²) in [6, 6.07) is 2.95. The van der Waals surface area contributed by atoms with Gasteiger partial charge in [0.1, 0.15) is 12.7 Å². The van der Waals surface area contributed by atoms with Crippen molar-refractivity contribution in [3.05, 3.63) is 36.4 Å². The Labute approximate surface area is 153 Å². The number of hydrogen-bond acceptors (Lipinski definition) is 4. The Balaban J connectivity index is 2.20. The number of benzene rings is 1. The SMILES string of the molecule is CN(C)C(=O)C[NH+](C)CC(=O)Nc1cc(C(F)(F)F)ccc1-n1cncn1. The molecule has 1 heterocycles. The lowest BCUT2D eigenvalue weighted by Gasteiger charge is -2.17. The van der Waals surface area contributed by atoms with E-state index in [-0.39, 0.29) is 30.4 Å². The monoisotopic (exact) mass is 385 g/mol. The predicted octanol–water partition coefficient (Wildman–Crippen LogP) is -0.172. The summed E-state index contributed by atoms with van der Waals surface area (Å²) in [5.74, 6) is -0.692. The Hall–Kier alpha value is -2.95. The smallest absolute Gasteiger partial charge is 0.344 e. The number of carbonyl (C=O) groups excluding carboxylic acids is 2. The minimum Gasteiger partial charge on any atom is -0.344 e. The number of hydrogen-bond donors (Lipinski definition) is 2. The van der Waals surface area contributed by atoms with Gasteiger partial charge in [-0.1, -0.05) is 0 Å². The first-order valence-corrected chi connectivity index (χ1v) is 7.95. The zero-order chi connectivity index (χ0) is 20.2. The molecule has 1 unspecified atom stereocenters. The number of alkyl halides is 3. The van der Waals surface area contributed by atoms with Crippen molar-refractivity contribution in [2.24, 2.45) is 0 Å². The van der Waals surface area contributed by atoms with Gasteiger partial charge in [-0.05, 0) is 18.2 Å². The van der Waals surface area contributed by atoms with Gasteiger partial charge in [0, 0.05) is 14.1 Å². The maximum absolute atomic E-state index is 13.0. The van der Waals surface area contributed by atoms with E-state index in [1.807, 2.05) is 0 Å². The van der Waals surface area contributed by atoms with Crippen LogP contribution in [-0.2, 0) is 15.8 Å². The van der Waals surface area contributed by atoms with Crippen LogP contribution in [0.2, 0.25) is 0 Å². The first-order chi connectivity index (χ1) is 12.6. The molecule has 1 aromatic heterocycles. The third-order valence-corrected chi connectivity index (χ3v) is 3.68. The molecular weight excluding hydrogens is 365 g/mol. The molecule has 0 radical (unpaired) electrons. The highest BCUT2D eigenvalue weighted by atomic mass is 19.4. The largest absolute Gasteiger partial charge is 0.416 e. The average molecular weight is 385 g/mol. The molecule has 2 N–H and O–H groups in total. The van der Waals surface area contributed by atoms with E-state index in [4.69, 9.17) is 0 Å². The van der Waals surface area contributed by atoms with Crippen LogP contribution in [-0.4, -0.2) is 65.7 Å². The lowest BCUT2D eigenvalue weighted by molar-refractivity contribution is -0.862. The molecule has 0 spiro atoms. The van der Waals surface area contributed by atoms with Crippen molar-refractivity contribution in [1.29, 1.82) is 0 Å². The molecule has 0 aliphatic rings. The van der Waals surface area contributed by atoms with Crippen molar-refractivity contribution < 1.29 is 27.7 Å². The molecular formula is C16H20F3N6O2+. The van der Waals surface area contributed by atoms with Gasteiger partial charge >= 0.3 is 6.18 Å². The van der Waals surface area contributed by atoms with Gasteiger partial charge in [0.15, 0.2) is 13.1 Å². The van der Waals surface area contributed by atoms with E-state index in [2.05, 4.69) is 15.4 Å². The minimum atomic E-state index is -4.56. The Kier molecular flexibility index (Phi) is 6.16. The van der Waals surface area contributed by atoms with E-state index in [9.17, 15) is 22.8 Å². The summed E-state index contributed by atoms with van der Waals surface area (Å²) in [4.78, 5) is 29.7. The molecule has 0 bridgehead atoms. The van der Waals surface area contributed by atoms with Crippen LogP contribution >= 0.6 is 0 Å². The van der Waals surface area contributed by atoms with Crippen LogP contribution < -0.4 is 10.2 Å².